The van der Waals surface area contributed by atoms with Gasteiger partial charge in [0, 0.05) is 11.3 Å². The zero-order chi connectivity index (χ0) is 20.7. The third kappa shape index (κ3) is 6.40. The Balaban J connectivity index is 1.44. The van der Waals surface area contributed by atoms with Crippen LogP contribution in [0.25, 0.3) is 0 Å². The molecule has 0 saturated heterocycles. The van der Waals surface area contributed by atoms with Crippen LogP contribution in [0.5, 0.6) is 0 Å². The van der Waals surface area contributed by atoms with E-state index in [-0.39, 0.29) is 34.9 Å². The number of carbonyl (C=O) groups is 1. The lowest BCUT2D eigenvalue weighted by atomic mass is 10.3. The van der Waals surface area contributed by atoms with Gasteiger partial charge in [0.25, 0.3) is 0 Å². The molecule has 0 unspecified atom stereocenters. The molecule has 1 aromatic heterocycles. The second kappa shape index (κ2) is 9.66. The monoisotopic (exact) mass is 435 g/mol. The minimum atomic E-state index is -3.61. The van der Waals surface area contributed by atoms with Crippen molar-refractivity contribution in [2.75, 3.05) is 11.1 Å². The number of benzene rings is 2. The van der Waals surface area contributed by atoms with Crippen molar-refractivity contribution in [2.45, 2.75) is 28.4 Å². The molecule has 0 atom stereocenters. The van der Waals surface area contributed by atoms with Gasteiger partial charge in [-0.2, -0.15) is 0 Å². The number of nitrogens with zero attached hydrogens (tertiary/aromatic N) is 2. The summed E-state index contributed by atoms with van der Waals surface area (Å²) in [5, 5.41) is 9.80. The third-order valence-corrected chi connectivity index (χ3v) is 6.48. The highest BCUT2D eigenvalue weighted by molar-refractivity contribution is 7.99. The number of rotatable bonds is 9. The Morgan fingerprint density at radius 1 is 1.07 bits per heavy atom. The van der Waals surface area contributed by atoms with Crippen LogP contribution in [-0.4, -0.2) is 30.3 Å². The Hall–Kier alpha value is -2.72. The van der Waals surface area contributed by atoms with Crippen molar-refractivity contribution in [3.05, 3.63) is 66.3 Å². The summed E-state index contributed by atoms with van der Waals surface area (Å²) >= 11 is 1.52. The van der Waals surface area contributed by atoms with Crippen LogP contribution in [0.3, 0.4) is 0 Å². The van der Waals surface area contributed by atoms with Crippen LogP contribution in [-0.2, 0) is 20.4 Å². The second-order valence-corrected chi connectivity index (χ2v) is 9.19. The van der Waals surface area contributed by atoms with Gasteiger partial charge >= 0.3 is 6.01 Å². The van der Waals surface area contributed by atoms with Crippen LogP contribution < -0.4 is 5.32 Å². The average molecular weight is 436 g/mol. The number of aromatic nitrogens is 2. The van der Waals surface area contributed by atoms with Crippen molar-refractivity contribution < 1.29 is 22.0 Å². The van der Waals surface area contributed by atoms with E-state index in [0.717, 1.165) is 4.90 Å². The summed E-state index contributed by atoms with van der Waals surface area (Å²) in [4.78, 5) is 13.0. The zero-order valence-electron chi connectivity index (χ0n) is 15.2. The highest BCUT2D eigenvalue weighted by atomic mass is 32.2. The van der Waals surface area contributed by atoms with E-state index in [2.05, 4.69) is 15.5 Å². The summed E-state index contributed by atoms with van der Waals surface area (Å²) in [5.41, 5.74) is 0. The number of carbonyl (C=O) groups excluding carboxylic acids is 1. The molecule has 0 bridgehead atoms. The smallest absolute Gasteiger partial charge is 0.322 e. The van der Waals surface area contributed by atoms with Crippen molar-refractivity contribution in [3.8, 4) is 0 Å². The minimum absolute atomic E-state index is 0.101. The Labute approximate surface area is 171 Å². The predicted octanol–water partition coefficient (Wildman–Crippen LogP) is 3.69. The SMILES string of the molecule is O=C(CCCSc1ccc(F)cc1)Nc1nnc(CS(=O)(=O)c2ccccc2)o1. The van der Waals surface area contributed by atoms with Gasteiger partial charge < -0.3 is 4.42 Å². The van der Waals surface area contributed by atoms with Crippen molar-refractivity contribution in [2.24, 2.45) is 0 Å². The van der Waals surface area contributed by atoms with E-state index in [4.69, 9.17) is 4.42 Å². The molecule has 152 valence electrons. The van der Waals surface area contributed by atoms with E-state index >= 15 is 0 Å². The quantitative estimate of drug-likeness (QED) is 0.404. The number of anilines is 1. The van der Waals surface area contributed by atoms with E-state index in [1.54, 1.807) is 30.3 Å². The van der Waals surface area contributed by atoms with Crippen LogP contribution in [0, 0.1) is 5.82 Å². The van der Waals surface area contributed by atoms with Crippen LogP contribution in [0.4, 0.5) is 10.4 Å². The molecule has 0 aliphatic carbocycles. The van der Waals surface area contributed by atoms with Gasteiger partial charge in [0.1, 0.15) is 11.6 Å². The van der Waals surface area contributed by atoms with Crippen LogP contribution in [0.15, 0.2) is 68.8 Å². The molecule has 3 rings (SSSR count). The van der Waals surface area contributed by atoms with Gasteiger partial charge in [0.2, 0.25) is 11.8 Å². The topological polar surface area (TPSA) is 102 Å². The third-order valence-electron chi connectivity index (χ3n) is 3.76. The average Bonchev–Trinajstić information content (AvgIpc) is 3.13. The number of nitrogens with one attached hydrogen (secondary N) is 1. The van der Waals surface area contributed by atoms with Crippen molar-refractivity contribution in [1.82, 2.24) is 10.2 Å². The van der Waals surface area contributed by atoms with Crippen LogP contribution in [0.2, 0.25) is 0 Å². The number of thioether (sulfide) groups is 1. The van der Waals surface area contributed by atoms with Gasteiger partial charge in [0.05, 0.1) is 4.90 Å². The highest BCUT2D eigenvalue weighted by Crippen LogP contribution is 2.20. The maximum Gasteiger partial charge on any atom is 0.322 e. The highest BCUT2D eigenvalue weighted by Gasteiger charge is 2.19. The van der Waals surface area contributed by atoms with Gasteiger partial charge in [-0.1, -0.05) is 23.3 Å². The molecule has 10 heteroatoms. The Bertz CT molecular complexity index is 1050. The lowest BCUT2D eigenvalue weighted by molar-refractivity contribution is -0.116. The minimum Gasteiger partial charge on any atom is -0.407 e. The van der Waals surface area contributed by atoms with E-state index in [1.165, 1.54) is 36.0 Å². The molecule has 0 radical (unpaired) electrons. The molecule has 0 aliphatic rings. The lowest BCUT2D eigenvalue weighted by Crippen LogP contribution is -2.11. The fraction of sp³-hybridized carbons (Fsp3) is 0.211. The Morgan fingerprint density at radius 2 is 1.79 bits per heavy atom. The summed E-state index contributed by atoms with van der Waals surface area (Å²) in [6.45, 7) is 0. The predicted molar refractivity (Wildman–Crippen MR) is 107 cm³/mol. The fourth-order valence-corrected chi connectivity index (χ4v) is 4.40. The first-order chi connectivity index (χ1) is 13.9. The molecule has 3 aromatic rings. The van der Waals surface area contributed by atoms with Crippen LogP contribution in [0.1, 0.15) is 18.7 Å². The molecule has 0 spiro atoms. The Morgan fingerprint density at radius 3 is 2.52 bits per heavy atom. The molecular weight excluding hydrogens is 417 g/mol. The van der Waals surface area contributed by atoms with E-state index in [0.29, 0.717) is 12.2 Å². The van der Waals surface area contributed by atoms with Gasteiger partial charge in [-0.3, -0.25) is 10.1 Å². The molecule has 29 heavy (non-hydrogen) atoms. The molecule has 1 N–H and O–H groups in total. The molecule has 1 heterocycles. The van der Waals surface area contributed by atoms with E-state index < -0.39 is 15.6 Å². The summed E-state index contributed by atoms with van der Waals surface area (Å²) in [7, 11) is -3.61. The summed E-state index contributed by atoms with van der Waals surface area (Å²) < 4.78 is 42.7. The molecule has 7 nitrogen and oxygen atoms in total. The molecule has 0 fully saturated rings. The fourth-order valence-electron chi connectivity index (χ4n) is 2.37. The van der Waals surface area contributed by atoms with Crippen LogP contribution >= 0.6 is 11.8 Å². The standard InChI is InChI=1S/C19H18FN3O4S2/c20-14-8-10-15(11-9-14)28-12-4-7-17(24)21-19-23-22-18(27-19)13-29(25,26)16-5-2-1-3-6-16/h1-3,5-6,8-11H,4,7,12-13H2,(H,21,23,24). The molecule has 0 aliphatic heterocycles. The first-order valence-corrected chi connectivity index (χ1v) is 11.3. The van der Waals surface area contributed by atoms with Gasteiger partial charge in [-0.05, 0) is 48.6 Å². The summed E-state index contributed by atoms with van der Waals surface area (Å²) in [6, 6.07) is 13.9. The first-order valence-electron chi connectivity index (χ1n) is 8.71. The molecule has 1 amide bonds. The lowest BCUT2D eigenvalue weighted by Gasteiger charge is -2.02. The van der Waals surface area contributed by atoms with E-state index in [9.17, 15) is 17.6 Å². The number of sulfone groups is 1. The Kier molecular flexibility index (Phi) is 6.99. The molecule has 2 aromatic carbocycles. The van der Waals surface area contributed by atoms with Crippen molar-refractivity contribution >= 4 is 33.5 Å². The van der Waals surface area contributed by atoms with Gasteiger partial charge in [0.15, 0.2) is 9.84 Å². The largest absolute Gasteiger partial charge is 0.407 e. The zero-order valence-corrected chi connectivity index (χ0v) is 16.9. The number of hydrogen-bond acceptors (Lipinski definition) is 7. The maximum atomic E-state index is 12.9. The van der Waals surface area contributed by atoms with Gasteiger partial charge in [-0.25, -0.2) is 12.8 Å². The normalized spacial score (nSPS) is 11.3. The number of halogens is 1. The first kappa shape index (κ1) is 21.0. The summed E-state index contributed by atoms with van der Waals surface area (Å²) in [6.07, 6.45) is 0.825. The maximum absolute atomic E-state index is 12.9. The summed E-state index contributed by atoms with van der Waals surface area (Å²) in [5.74, 6) is -0.469. The second-order valence-electron chi connectivity index (χ2n) is 6.03. The molecular formula is C19H18FN3O4S2. The van der Waals surface area contributed by atoms with Gasteiger partial charge in [-0.15, -0.1) is 16.9 Å². The number of hydrogen-bond donors (Lipinski definition) is 1. The molecule has 0 saturated carbocycles. The van der Waals surface area contributed by atoms with Crippen molar-refractivity contribution in [3.63, 3.8) is 0 Å². The number of amides is 1. The van der Waals surface area contributed by atoms with Crippen molar-refractivity contribution in [1.29, 1.82) is 0 Å². The van der Waals surface area contributed by atoms with E-state index in [1.807, 2.05) is 0 Å².